The molecule has 0 saturated carbocycles. The molecule has 0 fully saturated rings. The first-order valence-corrected chi connectivity index (χ1v) is 4.00. The Kier molecular flexibility index (Phi) is 5.09. The summed E-state index contributed by atoms with van der Waals surface area (Å²) in [6.07, 6.45) is 3.12. The molecule has 2 heteroatoms. The minimum Gasteiger partial charge on any atom is -0.458 e. The number of hydrogen-bond donors (Lipinski definition) is 0. The lowest BCUT2D eigenvalue weighted by molar-refractivity contribution is -0.144. The van der Waals surface area contributed by atoms with Crippen molar-refractivity contribution >= 4 is 5.97 Å². The molecule has 0 aromatic carbocycles. The number of hydrogen-bond acceptors (Lipinski definition) is 2. The van der Waals surface area contributed by atoms with Crippen LogP contribution in [0.5, 0.6) is 0 Å². The number of ether oxygens (including phenoxy) is 1. The maximum absolute atomic E-state index is 10.6. The van der Waals surface area contributed by atoms with Crippen molar-refractivity contribution in [3.8, 4) is 0 Å². The van der Waals surface area contributed by atoms with E-state index in [-0.39, 0.29) is 12.1 Å². The van der Waals surface area contributed by atoms with E-state index in [2.05, 4.69) is 13.2 Å². The van der Waals surface area contributed by atoms with Crippen LogP contribution in [0.2, 0.25) is 0 Å². The lowest BCUT2D eigenvalue weighted by Gasteiger charge is -2.11. The van der Waals surface area contributed by atoms with Crippen molar-refractivity contribution in [1.29, 1.82) is 0 Å². The first-order valence-electron chi connectivity index (χ1n) is 4.00. The van der Waals surface area contributed by atoms with Crippen molar-refractivity contribution in [2.24, 2.45) is 0 Å². The Balaban J connectivity index is 3.75. The van der Waals surface area contributed by atoms with E-state index in [0.717, 1.165) is 18.4 Å². The zero-order chi connectivity index (χ0) is 9.56. The minimum atomic E-state index is -0.262. The van der Waals surface area contributed by atoms with Crippen molar-refractivity contribution in [1.82, 2.24) is 0 Å². The molecule has 0 aliphatic carbocycles. The van der Waals surface area contributed by atoms with Crippen molar-refractivity contribution in [2.75, 3.05) is 0 Å². The molecule has 2 nitrogen and oxygen atoms in total. The molecule has 0 N–H and O–H groups in total. The molecule has 1 atom stereocenters. The Morgan fingerprint density at radius 1 is 1.58 bits per heavy atom. The first-order chi connectivity index (χ1) is 5.56. The quantitative estimate of drug-likeness (QED) is 0.465. The Morgan fingerprint density at radius 3 is 2.50 bits per heavy atom. The summed E-state index contributed by atoms with van der Waals surface area (Å²) in [7, 11) is 0. The van der Waals surface area contributed by atoms with Crippen LogP contribution in [0.25, 0.3) is 0 Å². The van der Waals surface area contributed by atoms with E-state index in [1.807, 2.05) is 6.92 Å². The largest absolute Gasteiger partial charge is 0.458 e. The Morgan fingerprint density at radius 2 is 2.17 bits per heavy atom. The van der Waals surface area contributed by atoms with Gasteiger partial charge in [-0.25, -0.2) is 0 Å². The number of rotatable bonds is 5. The van der Waals surface area contributed by atoms with Gasteiger partial charge in [-0.2, -0.15) is 0 Å². The van der Waals surface area contributed by atoms with E-state index >= 15 is 0 Å². The van der Waals surface area contributed by atoms with Crippen molar-refractivity contribution < 1.29 is 9.53 Å². The lowest BCUT2D eigenvalue weighted by atomic mass is 10.1. The van der Waals surface area contributed by atoms with Crippen molar-refractivity contribution in [3.05, 3.63) is 24.8 Å². The van der Waals surface area contributed by atoms with Crippen LogP contribution in [0, 0.1) is 0 Å². The van der Waals surface area contributed by atoms with E-state index in [4.69, 9.17) is 4.74 Å². The summed E-state index contributed by atoms with van der Waals surface area (Å²) >= 11 is 0. The molecule has 0 aromatic heterocycles. The van der Waals surface area contributed by atoms with Gasteiger partial charge < -0.3 is 4.74 Å². The van der Waals surface area contributed by atoms with E-state index in [1.54, 1.807) is 6.08 Å². The molecule has 0 amide bonds. The van der Waals surface area contributed by atoms with E-state index in [1.165, 1.54) is 6.92 Å². The van der Waals surface area contributed by atoms with Gasteiger partial charge in [0, 0.05) is 6.92 Å². The van der Waals surface area contributed by atoms with Gasteiger partial charge in [-0.3, -0.25) is 4.79 Å². The van der Waals surface area contributed by atoms with Crippen LogP contribution in [0.4, 0.5) is 0 Å². The summed E-state index contributed by atoms with van der Waals surface area (Å²) in [6.45, 7) is 10.7. The van der Waals surface area contributed by atoms with Crippen molar-refractivity contribution in [2.45, 2.75) is 32.8 Å². The second-order valence-corrected chi connectivity index (χ2v) is 2.88. The van der Waals surface area contributed by atoms with E-state index in [0.29, 0.717) is 0 Å². The maximum atomic E-state index is 10.6. The Labute approximate surface area is 73.9 Å². The fraction of sp³-hybridized carbons (Fsp3) is 0.500. The molecule has 0 heterocycles. The smallest absolute Gasteiger partial charge is 0.303 e. The lowest BCUT2D eigenvalue weighted by Crippen LogP contribution is -2.13. The summed E-state index contributed by atoms with van der Waals surface area (Å²) in [6, 6.07) is 0. The topological polar surface area (TPSA) is 26.3 Å². The van der Waals surface area contributed by atoms with Gasteiger partial charge in [0.1, 0.15) is 6.10 Å². The van der Waals surface area contributed by atoms with Gasteiger partial charge in [-0.15, -0.1) is 6.58 Å². The van der Waals surface area contributed by atoms with E-state index in [9.17, 15) is 4.79 Å². The molecule has 0 radical (unpaired) electrons. The van der Waals surface area contributed by atoms with Gasteiger partial charge in [-0.05, 0) is 19.8 Å². The molecule has 0 saturated heterocycles. The van der Waals surface area contributed by atoms with Crippen LogP contribution in [-0.2, 0) is 9.53 Å². The predicted octanol–water partition coefficient (Wildman–Crippen LogP) is 2.46. The average Bonchev–Trinajstić information content (AvgIpc) is 1.97. The molecule has 0 bridgehead atoms. The highest BCUT2D eigenvalue weighted by molar-refractivity contribution is 5.66. The first kappa shape index (κ1) is 11.0. The van der Waals surface area contributed by atoms with Crippen LogP contribution < -0.4 is 0 Å². The molecule has 0 rings (SSSR count). The van der Waals surface area contributed by atoms with Gasteiger partial charge in [0.05, 0.1) is 0 Å². The molecule has 12 heavy (non-hydrogen) atoms. The highest BCUT2D eigenvalue weighted by atomic mass is 16.5. The molecule has 0 aliphatic rings. The third kappa shape index (κ3) is 5.71. The van der Waals surface area contributed by atoms with Crippen LogP contribution in [0.3, 0.4) is 0 Å². The molecule has 0 spiro atoms. The predicted molar refractivity (Wildman–Crippen MR) is 49.8 cm³/mol. The fourth-order valence-corrected chi connectivity index (χ4v) is 0.827. The zero-order valence-electron chi connectivity index (χ0n) is 7.80. The van der Waals surface area contributed by atoms with Gasteiger partial charge in [-0.1, -0.05) is 18.2 Å². The molecule has 68 valence electrons. The van der Waals surface area contributed by atoms with Crippen LogP contribution >= 0.6 is 0 Å². The second-order valence-electron chi connectivity index (χ2n) is 2.88. The summed E-state index contributed by atoms with van der Waals surface area (Å²) < 4.78 is 4.95. The maximum Gasteiger partial charge on any atom is 0.303 e. The third-order valence-corrected chi connectivity index (χ3v) is 1.44. The van der Waals surface area contributed by atoms with Crippen LogP contribution in [-0.4, -0.2) is 12.1 Å². The minimum absolute atomic E-state index is 0.167. The summed E-state index contributed by atoms with van der Waals surface area (Å²) in [5.41, 5.74) is 1.09. The van der Waals surface area contributed by atoms with Gasteiger partial charge in [0.2, 0.25) is 0 Å². The van der Waals surface area contributed by atoms with Gasteiger partial charge >= 0.3 is 5.97 Å². The standard InChI is InChI=1S/C10H16O2/c1-5-10(12-9(4)11)7-6-8(2)3/h5,10H,1-2,6-7H2,3-4H3. The number of allylic oxidation sites excluding steroid dienone is 1. The normalized spacial score (nSPS) is 11.8. The average molecular weight is 168 g/mol. The number of carbonyl (C=O) groups excluding carboxylic acids is 1. The molecular formula is C10H16O2. The molecule has 0 aliphatic heterocycles. The molecule has 0 aromatic rings. The fourth-order valence-electron chi connectivity index (χ4n) is 0.827. The third-order valence-electron chi connectivity index (χ3n) is 1.44. The number of esters is 1. The van der Waals surface area contributed by atoms with Crippen LogP contribution in [0.1, 0.15) is 26.7 Å². The Bertz CT molecular complexity index is 182. The summed E-state index contributed by atoms with van der Waals surface area (Å²) in [5.74, 6) is -0.262. The summed E-state index contributed by atoms with van der Waals surface area (Å²) in [4.78, 5) is 10.6. The summed E-state index contributed by atoms with van der Waals surface area (Å²) in [5, 5.41) is 0. The molecule has 1 unspecified atom stereocenters. The van der Waals surface area contributed by atoms with Crippen LogP contribution in [0.15, 0.2) is 24.8 Å². The van der Waals surface area contributed by atoms with Gasteiger partial charge in [0.25, 0.3) is 0 Å². The molecular weight excluding hydrogens is 152 g/mol. The Hall–Kier alpha value is -1.05. The van der Waals surface area contributed by atoms with Crippen molar-refractivity contribution in [3.63, 3.8) is 0 Å². The number of carbonyl (C=O) groups is 1. The zero-order valence-corrected chi connectivity index (χ0v) is 7.80. The van der Waals surface area contributed by atoms with E-state index < -0.39 is 0 Å². The monoisotopic (exact) mass is 168 g/mol. The van der Waals surface area contributed by atoms with Gasteiger partial charge in [0.15, 0.2) is 0 Å². The SMILES string of the molecule is C=CC(CCC(=C)C)OC(C)=O. The highest BCUT2D eigenvalue weighted by Crippen LogP contribution is 2.08. The highest BCUT2D eigenvalue weighted by Gasteiger charge is 2.06. The second kappa shape index (κ2) is 5.58.